The van der Waals surface area contributed by atoms with Crippen molar-refractivity contribution in [2.75, 3.05) is 0 Å². The van der Waals surface area contributed by atoms with Gasteiger partial charge in [-0.2, -0.15) is 0 Å². The van der Waals surface area contributed by atoms with Gasteiger partial charge in [0.05, 0.1) is 15.3 Å². The Morgan fingerprint density at radius 2 is 2.41 bits per heavy atom. The molecule has 2 aromatic rings. The first kappa shape index (κ1) is 14.3. The zero-order chi connectivity index (χ0) is 15.1. The minimum Gasteiger partial charge on any atom is -0.434 e. The molecule has 2 N–H and O–H groups in total. The van der Waals surface area contributed by atoms with Crippen LogP contribution < -0.4 is 10.6 Å². The number of hydrogen-bond donors (Lipinski definition) is 2. The second-order valence-corrected chi connectivity index (χ2v) is 8.17. The van der Waals surface area contributed by atoms with Crippen molar-refractivity contribution in [1.82, 2.24) is 15.6 Å². The highest BCUT2D eigenvalue weighted by atomic mass is 32.2. The van der Waals surface area contributed by atoms with E-state index in [4.69, 9.17) is 4.42 Å². The first-order valence-corrected chi connectivity index (χ1v) is 9.08. The highest BCUT2D eigenvalue weighted by Crippen LogP contribution is 2.34. The van der Waals surface area contributed by atoms with Gasteiger partial charge in [-0.25, -0.2) is 4.98 Å². The second-order valence-electron chi connectivity index (χ2n) is 5.78. The zero-order valence-electron chi connectivity index (χ0n) is 12.2. The molecule has 2 aliphatic heterocycles. The third-order valence-electron chi connectivity index (χ3n) is 4.22. The highest BCUT2D eigenvalue weighted by molar-refractivity contribution is 8.01. The number of carbonyl (C=O) groups is 1. The van der Waals surface area contributed by atoms with E-state index in [0.717, 1.165) is 20.6 Å². The molecule has 0 spiro atoms. The van der Waals surface area contributed by atoms with Crippen molar-refractivity contribution in [1.29, 1.82) is 0 Å². The third-order valence-corrected chi connectivity index (χ3v) is 6.33. The van der Waals surface area contributed by atoms with E-state index in [2.05, 4.69) is 15.6 Å². The van der Waals surface area contributed by atoms with E-state index < -0.39 is 0 Å². The maximum Gasteiger partial charge on any atom is 0.261 e. The number of carbonyl (C=O) groups excluding carboxylic acids is 1. The fraction of sp³-hybridized carbons (Fsp3) is 0.467. The molecule has 2 fully saturated rings. The van der Waals surface area contributed by atoms with E-state index in [1.165, 1.54) is 35.9 Å². The molecule has 2 saturated heterocycles. The highest BCUT2D eigenvalue weighted by Gasteiger charge is 2.39. The van der Waals surface area contributed by atoms with Gasteiger partial charge >= 0.3 is 0 Å². The third kappa shape index (κ3) is 2.80. The van der Waals surface area contributed by atoms with Crippen LogP contribution in [0.1, 0.15) is 34.8 Å². The van der Waals surface area contributed by atoms with Crippen molar-refractivity contribution in [3.8, 4) is 0 Å². The summed E-state index contributed by atoms with van der Waals surface area (Å²) in [4.78, 5) is 17.2. The fourth-order valence-corrected chi connectivity index (χ4v) is 5.13. The Morgan fingerprint density at radius 1 is 1.50 bits per heavy atom. The van der Waals surface area contributed by atoms with Crippen LogP contribution in [0.3, 0.4) is 0 Å². The van der Waals surface area contributed by atoms with Crippen LogP contribution in [0.15, 0.2) is 32.0 Å². The summed E-state index contributed by atoms with van der Waals surface area (Å²) in [5, 5.41) is 7.47. The lowest BCUT2D eigenvalue weighted by Crippen LogP contribution is -2.42. The van der Waals surface area contributed by atoms with Crippen molar-refractivity contribution in [3.63, 3.8) is 0 Å². The number of hydrogen-bond acceptors (Lipinski definition) is 6. The Bertz CT molecular complexity index is 697. The molecular weight excluding hydrogens is 318 g/mol. The van der Waals surface area contributed by atoms with Crippen LogP contribution in [0.2, 0.25) is 0 Å². The molecule has 4 heterocycles. The summed E-state index contributed by atoms with van der Waals surface area (Å²) in [7, 11) is 0. The van der Waals surface area contributed by atoms with Crippen LogP contribution in [0.25, 0.3) is 0 Å². The molecule has 3 atom stereocenters. The van der Waals surface area contributed by atoms with Crippen molar-refractivity contribution in [2.24, 2.45) is 0 Å². The molecule has 0 aliphatic carbocycles. The van der Waals surface area contributed by atoms with Gasteiger partial charge in [0.25, 0.3) is 5.91 Å². The number of oxazole rings is 1. The zero-order valence-corrected chi connectivity index (χ0v) is 13.8. The lowest BCUT2D eigenvalue weighted by molar-refractivity contribution is 0.0935. The lowest BCUT2D eigenvalue weighted by Gasteiger charge is -2.20. The van der Waals surface area contributed by atoms with Crippen molar-refractivity contribution < 1.29 is 9.21 Å². The van der Waals surface area contributed by atoms with E-state index in [-0.39, 0.29) is 11.9 Å². The number of rotatable bonds is 4. The number of nitrogens with zero attached hydrogens (tertiary/aromatic N) is 1. The Labute approximate surface area is 136 Å². The van der Waals surface area contributed by atoms with Crippen LogP contribution in [0.4, 0.5) is 0 Å². The Balaban J connectivity index is 1.39. The molecule has 0 radical (unpaired) electrons. The SMILES string of the molecule is Cc1ncc(Sc2ccc(C(=O)NC3CC4CCC3N4)s2)o1. The Kier molecular flexibility index (Phi) is 3.71. The molecule has 7 heteroatoms. The van der Waals surface area contributed by atoms with Crippen molar-refractivity contribution in [3.05, 3.63) is 29.1 Å². The molecule has 2 bridgehead atoms. The number of fused-ring (bicyclic) bond motifs is 2. The quantitative estimate of drug-likeness (QED) is 0.899. The lowest BCUT2D eigenvalue weighted by atomic mass is 9.95. The maximum atomic E-state index is 12.4. The second kappa shape index (κ2) is 5.72. The normalized spacial score (nSPS) is 26.5. The molecular formula is C15H17N3O2S2. The number of amides is 1. The molecule has 2 aliphatic rings. The minimum absolute atomic E-state index is 0.0324. The van der Waals surface area contributed by atoms with Crippen LogP contribution in [-0.2, 0) is 0 Å². The smallest absolute Gasteiger partial charge is 0.261 e. The van der Waals surface area contributed by atoms with E-state index >= 15 is 0 Å². The van der Waals surface area contributed by atoms with Gasteiger partial charge in [0.1, 0.15) is 0 Å². The summed E-state index contributed by atoms with van der Waals surface area (Å²) in [6.07, 6.45) is 5.18. The number of thiophene rings is 1. The van der Waals surface area contributed by atoms with E-state index in [9.17, 15) is 4.79 Å². The molecule has 1 amide bonds. The van der Waals surface area contributed by atoms with Gasteiger partial charge in [0.2, 0.25) is 0 Å². The van der Waals surface area contributed by atoms with Crippen LogP contribution in [0, 0.1) is 6.92 Å². The standard InChI is InChI=1S/C15H17N3O2S2/c1-8-16-7-13(20-8)22-14-5-4-12(21-14)15(19)18-11-6-9-2-3-10(11)17-9/h4-5,7,9-11,17H,2-3,6H2,1H3,(H,18,19). The van der Waals surface area contributed by atoms with Gasteiger partial charge in [-0.05, 0) is 43.2 Å². The van der Waals surface area contributed by atoms with Crippen molar-refractivity contribution in [2.45, 2.75) is 53.6 Å². The topological polar surface area (TPSA) is 67.2 Å². The van der Waals surface area contributed by atoms with Gasteiger partial charge in [-0.1, -0.05) is 0 Å². The summed E-state index contributed by atoms with van der Waals surface area (Å²) >= 11 is 2.99. The maximum absolute atomic E-state index is 12.4. The van der Waals surface area contributed by atoms with Gasteiger partial charge in [-0.3, -0.25) is 4.79 Å². The molecule has 3 unspecified atom stereocenters. The first-order chi connectivity index (χ1) is 10.7. The summed E-state index contributed by atoms with van der Waals surface area (Å²) in [6, 6.07) is 5.17. The van der Waals surface area contributed by atoms with Gasteiger partial charge < -0.3 is 15.1 Å². The first-order valence-electron chi connectivity index (χ1n) is 7.44. The summed E-state index contributed by atoms with van der Waals surface area (Å²) in [6.45, 7) is 1.82. The van der Waals surface area contributed by atoms with E-state index in [1.54, 1.807) is 6.20 Å². The largest absolute Gasteiger partial charge is 0.434 e. The summed E-state index contributed by atoms with van der Waals surface area (Å²) in [5.74, 6) is 0.686. The molecule has 22 heavy (non-hydrogen) atoms. The Hall–Kier alpha value is -1.31. The summed E-state index contributed by atoms with van der Waals surface area (Å²) in [5.41, 5.74) is 0. The van der Waals surface area contributed by atoms with Crippen LogP contribution in [0.5, 0.6) is 0 Å². The van der Waals surface area contributed by atoms with Gasteiger partial charge in [-0.15, -0.1) is 11.3 Å². The number of aryl methyl sites for hydroxylation is 1. The number of nitrogens with one attached hydrogen (secondary N) is 2. The minimum atomic E-state index is 0.0324. The fourth-order valence-electron chi connectivity index (χ4n) is 3.21. The molecule has 5 nitrogen and oxygen atoms in total. The monoisotopic (exact) mass is 335 g/mol. The average Bonchev–Trinajstić information content (AvgIpc) is 3.24. The predicted octanol–water partition coefficient (Wildman–Crippen LogP) is 2.82. The summed E-state index contributed by atoms with van der Waals surface area (Å²) < 4.78 is 6.48. The molecule has 4 rings (SSSR count). The predicted molar refractivity (Wildman–Crippen MR) is 85.5 cm³/mol. The van der Waals surface area contributed by atoms with E-state index in [0.29, 0.717) is 18.0 Å². The van der Waals surface area contributed by atoms with Crippen molar-refractivity contribution >= 4 is 29.0 Å². The molecule has 2 aromatic heterocycles. The van der Waals surface area contributed by atoms with Crippen LogP contribution >= 0.6 is 23.1 Å². The Morgan fingerprint density at radius 3 is 3.09 bits per heavy atom. The molecule has 116 valence electrons. The van der Waals surface area contributed by atoms with Gasteiger partial charge in [0.15, 0.2) is 11.0 Å². The molecule has 0 saturated carbocycles. The average molecular weight is 335 g/mol. The van der Waals surface area contributed by atoms with Crippen LogP contribution in [-0.4, -0.2) is 29.0 Å². The van der Waals surface area contributed by atoms with Gasteiger partial charge in [0, 0.05) is 25.0 Å². The molecule has 0 aromatic carbocycles. The number of aromatic nitrogens is 1. The van der Waals surface area contributed by atoms with E-state index in [1.807, 2.05) is 19.1 Å².